The number of fused-ring (bicyclic) bond motifs is 1. The van der Waals surface area contributed by atoms with Crippen molar-refractivity contribution in [2.75, 3.05) is 6.54 Å². The molecule has 0 aliphatic rings. The van der Waals surface area contributed by atoms with Crippen LogP contribution in [0.5, 0.6) is 0 Å². The van der Waals surface area contributed by atoms with E-state index in [1.54, 1.807) is 11.3 Å². The zero-order valence-corrected chi connectivity index (χ0v) is 11.0. The molecule has 0 radical (unpaired) electrons. The Kier molecular flexibility index (Phi) is 4.34. The van der Waals surface area contributed by atoms with E-state index in [4.69, 9.17) is 0 Å². The van der Waals surface area contributed by atoms with Crippen LogP contribution in [0.2, 0.25) is 0 Å². The number of hydrogen-bond donors (Lipinski definition) is 1. The highest BCUT2D eigenvalue weighted by Gasteiger charge is 2.10. The fourth-order valence-corrected chi connectivity index (χ4v) is 2.63. The molecule has 0 spiro atoms. The molecule has 92 valence electrons. The van der Waals surface area contributed by atoms with Crippen molar-refractivity contribution in [2.24, 2.45) is 0 Å². The molecule has 17 heavy (non-hydrogen) atoms. The quantitative estimate of drug-likeness (QED) is 0.765. The van der Waals surface area contributed by atoms with E-state index in [1.165, 1.54) is 0 Å². The second-order valence-corrected chi connectivity index (χ2v) is 5.08. The lowest BCUT2D eigenvalue weighted by Gasteiger charge is -2.15. The number of imidazole rings is 1. The highest BCUT2D eigenvalue weighted by Crippen LogP contribution is 2.13. The Morgan fingerprint density at radius 1 is 1.65 bits per heavy atom. The number of hydrogen-bond acceptors (Lipinski definition) is 3. The third kappa shape index (κ3) is 3.17. The van der Waals surface area contributed by atoms with Crippen LogP contribution in [0.15, 0.2) is 30.4 Å². The molecule has 0 aromatic carbocycles. The van der Waals surface area contributed by atoms with Gasteiger partial charge in [-0.05, 0) is 19.4 Å². The monoisotopic (exact) mass is 249 g/mol. The van der Waals surface area contributed by atoms with Gasteiger partial charge in [0.15, 0.2) is 4.96 Å². The van der Waals surface area contributed by atoms with Crippen molar-refractivity contribution in [2.45, 2.75) is 32.2 Å². The number of aromatic nitrogens is 2. The zero-order chi connectivity index (χ0) is 12.1. The number of nitrogens with one attached hydrogen (secondary N) is 1. The first-order chi connectivity index (χ1) is 8.33. The summed E-state index contributed by atoms with van der Waals surface area (Å²) >= 11 is 1.68. The van der Waals surface area contributed by atoms with Crippen molar-refractivity contribution in [3.63, 3.8) is 0 Å². The van der Waals surface area contributed by atoms with Gasteiger partial charge < -0.3 is 5.32 Å². The Morgan fingerprint density at radius 2 is 2.53 bits per heavy atom. The lowest BCUT2D eigenvalue weighted by atomic mass is 10.1. The van der Waals surface area contributed by atoms with Gasteiger partial charge in [-0.15, -0.1) is 17.9 Å². The largest absolute Gasteiger partial charge is 0.313 e. The molecule has 2 heterocycles. The van der Waals surface area contributed by atoms with E-state index in [-0.39, 0.29) is 0 Å². The molecule has 0 saturated heterocycles. The highest BCUT2D eigenvalue weighted by atomic mass is 32.1. The molecular formula is C13H19N3S. The smallest absolute Gasteiger partial charge is 0.193 e. The van der Waals surface area contributed by atoms with E-state index < -0.39 is 0 Å². The van der Waals surface area contributed by atoms with Gasteiger partial charge in [0.25, 0.3) is 0 Å². The van der Waals surface area contributed by atoms with Gasteiger partial charge in [-0.2, -0.15) is 0 Å². The van der Waals surface area contributed by atoms with Crippen molar-refractivity contribution in [3.05, 3.63) is 36.1 Å². The molecule has 3 nitrogen and oxygen atoms in total. The maximum absolute atomic E-state index is 4.61. The van der Waals surface area contributed by atoms with Crippen molar-refractivity contribution in [1.82, 2.24) is 14.7 Å². The van der Waals surface area contributed by atoms with Crippen LogP contribution >= 0.6 is 11.3 Å². The highest BCUT2D eigenvalue weighted by molar-refractivity contribution is 7.15. The first-order valence-corrected chi connectivity index (χ1v) is 6.96. The Hall–Kier alpha value is -1.13. The molecule has 0 bridgehead atoms. The summed E-state index contributed by atoms with van der Waals surface area (Å²) in [6.45, 7) is 7.06. The Labute approximate surface area is 106 Å². The van der Waals surface area contributed by atoms with Crippen LogP contribution in [0.4, 0.5) is 0 Å². The van der Waals surface area contributed by atoms with Gasteiger partial charge in [-0.25, -0.2) is 4.98 Å². The first-order valence-electron chi connectivity index (χ1n) is 6.08. The van der Waals surface area contributed by atoms with Crippen LogP contribution in [0.25, 0.3) is 4.96 Å². The first kappa shape index (κ1) is 12.3. The van der Waals surface area contributed by atoms with Crippen LogP contribution in [-0.2, 0) is 6.42 Å². The van der Waals surface area contributed by atoms with Gasteiger partial charge in [-0.3, -0.25) is 4.40 Å². The molecule has 1 atom stereocenters. The van der Waals surface area contributed by atoms with Gasteiger partial charge >= 0.3 is 0 Å². The summed E-state index contributed by atoms with van der Waals surface area (Å²) in [5.41, 5.74) is 1.16. The molecule has 2 aromatic heterocycles. The molecular weight excluding hydrogens is 230 g/mol. The molecule has 1 N–H and O–H groups in total. The van der Waals surface area contributed by atoms with Crippen LogP contribution in [-0.4, -0.2) is 22.0 Å². The summed E-state index contributed by atoms with van der Waals surface area (Å²) in [6, 6.07) is 0.456. The van der Waals surface area contributed by atoms with E-state index in [2.05, 4.69) is 46.0 Å². The van der Waals surface area contributed by atoms with Crippen LogP contribution in [0.3, 0.4) is 0 Å². The zero-order valence-electron chi connectivity index (χ0n) is 10.2. The summed E-state index contributed by atoms with van der Waals surface area (Å²) in [6.07, 6.45) is 9.28. The second-order valence-electron chi connectivity index (χ2n) is 4.20. The second kappa shape index (κ2) is 5.98. The topological polar surface area (TPSA) is 29.3 Å². The average Bonchev–Trinajstić information content (AvgIpc) is 2.86. The van der Waals surface area contributed by atoms with E-state index in [0.29, 0.717) is 6.04 Å². The molecule has 4 heteroatoms. The van der Waals surface area contributed by atoms with Crippen LogP contribution in [0, 0.1) is 0 Å². The van der Waals surface area contributed by atoms with Gasteiger partial charge in [0, 0.05) is 30.2 Å². The van der Waals surface area contributed by atoms with Crippen molar-refractivity contribution in [3.8, 4) is 0 Å². The third-order valence-electron chi connectivity index (χ3n) is 2.73. The van der Waals surface area contributed by atoms with Gasteiger partial charge in [0.1, 0.15) is 0 Å². The molecule has 0 aliphatic carbocycles. The minimum absolute atomic E-state index is 0.456. The van der Waals surface area contributed by atoms with Crippen molar-refractivity contribution >= 4 is 16.3 Å². The van der Waals surface area contributed by atoms with E-state index >= 15 is 0 Å². The summed E-state index contributed by atoms with van der Waals surface area (Å²) in [7, 11) is 0. The average molecular weight is 249 g/mol. The molecule has 2 rings (SSSR count). The third-order valence-corrected chi connectivity index (χ3v) is 3.50. The van der Waals surface area contributed by atoms with E-state index in [1.807, 2.05) is 6.08 Å². The summed E-state index contributed by atoms with van der Waals surface area (Å²) < 4.78 is 2.09. The minimum atomic E-state index is 0.456. The molecule has 0 amide bonds. The molecule has 0 fully saturated rings. The summed E-state index contributed by atoms with van der Waals surface area (Å²) in [4.78, 5) is 5.69. The van der Waals surface area contributed by atoms with Crippen LogP contribution < -0.4 is 5.32 Å². The predicted octanol–water partition coefficient (Wildman–Crippen LogP) is 2.88. The molecule has 0 aliphatic heterocycles. The Bertz CT molecular complexity index is 443. The maximum Gasteiger partial charge on any atom is 0.193 e. The summed E-state index contributed by atoms with van der Waals surface area (Å²) in [5.74, 6) is 0. The molecule has 1 unspecified atom stereocenters. The van der Waals surface area contributed by atoms with E-state index in [0.717, 1.165) is 36.5 Å². The lowest BCUT2D eigenvalue weighted by Crippen LogP contribution is -2.31. The van der Waals surface area contributed by atoms with Gasteiger partial charge in [-0.1, -0.05) is 13.0 Å². The minimum Gasteiger partial charge on any atom is -0.313 e. The number of nitrogens with zero attached hydrogens (tertiary/aromatic N) is 2. The predicted molar refractivity (Wildman–Crippen MR) is 73.7 cm³/mol. The standard InChI is InChI=1S/C13H19N3S/c1-3-5-11(14-6-4-2)9-12-10-16-7-8-17-13(16)15-12/h3,7-8,10-11,14H,1,4-6,9H2,2H3. The van der Waals surface area contributed by atoms with Crippen molar-refractivity contribution < 1.29 is 0 Å². The maximum atomic E-state index is 4.61. The van der Waals surface area contributed by atoms with Crippen molar-refractivity contribution in [1.29, 1.82) is 0 Å². The van der Waals surface area contributed by atoms with E-state index in [9.17, 15) is 0 Å². The summed E-state index contributed by atoms with van der Waals surface area (Å²) in [5, 5.41) is 5.60. The Balaban J connectivity index is 2.00. The fourth-order valence-electron chi connectivity index (χ4n) is 1.92. The molecule has 0 saturated carbocycles. The molecule has 2 aromatic rings. The van der Waals surface area contributed by atoms with Gasteiger partial charge in [0.2, 0.25) is 0 Å². The SMILES string of the molecule is C=CCC(Cc1cn2ccsc2n1)NCCC. The fraction of sp³-hybridized carbons (Fsp3) is 0.462. The number of rotatable bonds is 7. The number of thiazole rings is 1. The Morgan fingerprint density at radius 3 is 3.24 bits per heavy atom. The van der Waals surface area contributed by atoms with Crippen LogP contribution in [0.1, 0.15) is 25.5 Å². The van der Waals surface area contributed by atoms with Gasteiger partial charge in [0.05, 0.1) is 5.69 Å². The lowest BCUT2D eigenvalue weighted by molar-refractivity contribution is 0.508. The normalized spacial score (nSPS) is 13.0.